The van der Waals surface area contributed by atoms with E-state index in [1.54, 1.807) is 25.1 Å². The van der Waals surface area contributed by atoms with E-state index in [1.807, 2.05) is 17.5 Å². The first-order valence-electron chi connectivity index (χ1n) is 13.8. The van der Waals surface area contributed by atoms with Gasteiger partial charge in [-0.2, -0.15) is 5.26 Å². The highest BCUT2D eigenvalue weighted by molar-refractivity contribution is 7.11. The van der Waals surface area contributed by atoms with Crippen molar-refractivity contribution in [1.29, 1.82) is 5.26 Å². The molecule has 12 heteroatoms. The second kappa shape index (κ2) is 12.4. The van der Waals surface area contributed by atoms with Crippen molar-refractivity contribution in [2.75, 3.05) is 26.3 Å². The minimum Gasteiger partial charge on any atom is -0.465 e. The number of aromatic nitrogens is 4. The second-order valence-electron chi connectivity index (χ2n) is 10.1. The summed E-state index contributed by atoms with van der Waals surface area (Å²) in [5.74, 6) is -0.0329. The number of nitrogens with zero attached hydrogens (tertiary/aromatic N) is 6. The number of nitriles is 1. The number of hydrogen-bond donors (Lipinski definition) is 0. The van der Waals surface area contributed by atoms with Crippen LogP contribution in [0, 0.1) is 17.1 Å². The first-order chi connectivity index (χ1) is 20.5. The molecule has 0 radical (unpaired) electrons. The summed E-state index contributed by atoms with van der Waals surface area (Å²) in [4.78, 5) is 28.7. The van der Waals surface area contributed by atoms with Crippen LogP contribution in [0.2, 0.25) is 0 Å². The maximum Gasteiger partial charge on any atom is 0.357 e. The molecule has 1 saturated heterocycles. The number of thiazole rings is 1. The number of rotatable bonds is 10. The summed E-state index contributed by atoms with van der Waals surface area (Å²) < 4.78 is 32.8. The molecule has 5 heterocycles. The monoisotopic (exact) mass is 588 g/mol. The number of pyridine rings is 1. The van der Waals surface area contributed by atoms with Crippen LogP contribution in [-0.2, 0) is 29.2 Å². The number of fused-ring (bicyclic) bond motifs is 1. The van der Waals surface area contributed by atoms with Crippen LogP contribution in [0.5, 0.6) is 5.19 Å². The molecular formula is C30H29FN6O4S. The van der Waals surface area contributed by atoms with E-state index in [2.05, 4.69) is 25.5 Å². The number of imidazole rings is 1. The maximum absolute atomic E-state index is 14.2. The van der Waals surface area contributed by atoms with Gasteiger partial charge in [0, 0.05) is 30.6 Å². The summed E-state index contributed by atoms with van der Waals surface area (Å²) in [6.45, 7) is 5.66. The zero-order valence-corrected chi connectivity index (χ0v) is 23.9. The number of esters is 1. The summed E-state index contributed by atoms with van der Waals surface area (Å²) in [6, 6.07) is 9.74. The van der Waals surface area contributed by atoms with Crippen molar-refractivity contribution in [3.05, 3.63) is 75.9 Å². The van der Waals surface area contributed by atoms with Crippen molar-refractivity contribution in [2.24, 2.45) is 0 Å². The lowest BCUT2D eigenvalue weighted by Crippen LogP contribution is -2.34. The standard InChI is InChI=1S/C30H29FN6O4S/c1-2-39-29(38)25-6-5-24-28(34-25)37(15-22-9-12-40-22)27(33-24)16-36-10-7-20(8-11-36)26-18-42-30(35-26)41-17-21-4-3-19(14-32)13-23(21)31/h3-7,13,18,22H,2,8-12,15-17H2,1H3/t22-/m0/s1. The summed E-state index contributed by atoms with van der Waals surface area (Å²) >= 11 is 1.38. The van der Waals surface area contributed by atoms with Gasteiger partial charge in [0.2, 0.25) is 0 Å². The Hall–Kier alpha value is -4.18. The molecule has 10 nitrogen and oxygen atoms in total. The molecule has 0 aliphatic carbocycles. The SMILES string of the molecule is CCOC(=O)c1ccc2nc(CN3CC=C(c4csc(OCc5ccc(C#N)cc5F)n4)CC3)n(C[C@@H]3CCO3)c2n1. The zero-order valence-electron chi connectivity index (χ0n) is 23.1. The van der Waals surface area contributed by atoms with Crippen LogP contribution in [0.25, 0.3) is 16.7 Å². The van der Waals surface area contributed by atoms with Crippen molar-refractivity contribution >= 4 is 34.0 Å². The first kappa shape index (κ1) is 28.0. The van der Waals surface area contributed by atoms with Gasteiger partial charge in [0.25, 0.3) is 5.19 Å². The normalized spacial score (nSPS) is 17.0. The van der Waals surface area contributed by atoms with Crippen molar-refractivity contribution in [3.63, 3.8) is 0 Å². The Morgan fingerprint density at radius 1 is 1.26 bits per heavy atom. The third kappa shape index (κ3) is 6.04. The van der Waals surface area contributed by atoms with Gasteiger partial charge in [-0.05, 0) is 49.6 Å². The third-order valence-electron chi connectivity index (χ3n) is 7.34. The van der Waals surface area contributed by atoms with Gasteiger partial charge in [-0.25, -0.2) is 24.1 Å². The molecule has 1 aromatic carbocycles. The smallest absolute Gasteiger partial charge is 0.357 e. The molecule has 0 N–H and O–H groups in total. The first-order valence-corrected chi connectivity index (χ1v) is 14.7. The fraction of sp³-hybridized carbons (Fsp3) is 0.367. The van der Waals surface area contributed by atoms with E-state index in [-0.39, 0.29) is 30.6 Å². The molecule has 1 atom stereocenters. The highest BCUT2D eigenvalue weighted by Crippen LogP contribution is 2.29. The topological polar surface area (TPSA) is 115 Å². The van der Waals surface area contributed by atoms with Gasteiger partial charge in [-0.3, -0.25) is 4.90 Å². The molecule has 1 fully saturated rings. The van der Waals surface area contributed by atoms with E-state index >= 15 is 0 Å². The van der Waals surface area contributed by atoms with Crippen LogP contribution in [0.15, 0.2) is 41.8 Å². The Kier molecular flexibility index (Phi) is 8.23. The molecule has 0 amide bonds. The molecule has 2 aliphatic heterocycles. The molecule has 0 saturated carbocycles. The van der Waals surface area contributed by atoms with E-state index in [0.717, 1.165) is 55.1 Å². The molecule has 4 aromatic rings. The van der Waals surface area contributed by atoms with Gasteiger partial charge in [-0.1, -0.05) is 23.5 Å². The molecule has 0 bridgehead atoms. The maximum atomic E-state index is 14.2. The number of ether oxygens (including phenoxy) is 3. The van der Waals surface area contributed by atoms with Gasteiger partial charge in [0.1, 0.15) is 23.8 Å². The molecule has 42 heavy (non-hydrogen) atoms. The molecule has 6 rings (SSSR count). The number of halogens is 1. The lowest BCUT2D eigenvalue weighted by molar-refractivity contribution is -0.0592. The predicted molar refractivity (Wildman–Crippen MR) is 153 cm³/mol. The van der Waals surface area contributed by atoms with Crippen molar-refractivity contribution in [1.82, 2.24) is 24.4 Å². The van der Waals surface area contributed by atoms with E-state index in [4.69, 9.17) is 24.5 Å². The Bertz CT molecular complexity index is 1690. The van der Waals surface area contributed by atoms with Gasteiger partial charge in [-0.15, -0.1) is 0 Å². The largest absolute Gasteiger partial charge is 0.465 e. The number of benzene rings is 1. The average molecular weight is 589 g/mol. The average Bonchev–Trinajstić information content (AvgIpc) is 3.59. The number of carbonyl (C=O) groups excluding carboxylic acids is 1. The fourth-order valence-electron chi connectivity index (χ4n) is 4.94. The van der Waals surface area contributed by atoms with Crippen molar-refractivity contribution in [2.45, 2.75) is 45.6 Å². The van der Waals surface area contributed by atoms with Crippen molar-refractivity contribution in [3.8, 4) is 11.3 Å². The van der Waals surface area contributed by atoms with E-state index in [9.17, 15) is 9.18 Å². The van der Waals surface area contributed by atoms with Crippen LogP contribution in [0.4, 0.5) is 4.39 Å². The van der Waals surface area contributed by atoms with Gasteiger partial charge in [0.15, 0.2) is 11.3 Å². The zero-order chi connectivity index (χ0) is 29.1. The second-order valence-corrected chi connectivity index (χ2v) is 10.9. The van der Waals surface area contributed by atoms with Crippen molar-refractivity contribution < 1.29 is 23.4 Å². The highest BCUT2D eigenvalue weighted by Gasteiger charge is 2.25. The Morgan fingerprint density at radius 3 is 2.86 bits per heavy atom. The fourth-order valence-corrected chi connectivity index (χ4v) is 5.64. The molecule has 2 aliphatic rings. The highest BCUT2D eigenvalue weighted by atomic mass is 32.1. The van der Waals surface area contributed by atoms with Crippen LogP contribution in [0.1, 0.15) is 52.9 Å². The molecule has 0 unspecified atom stereocenters. The summed E-state index contributed by atoms with van der Waals surface area (Å²) in [6.07, 6.45) is 4.07. The molecular weight excluding hydrogens is 559 g/mol. The minimum absolute atomic E-state index is 0.0420. The number of carbonyl (C=O) groups is 1. The minimum atomic E-state index is -0.468. The van der Waals surface area contributed by atoms with Crippen LogP contribution >= 0.6 is 11.3 Å². The quantitative estimate of drug-likeness (QED) is 0.242. The van der Waals surface area contributed by atoms with E-state index in [1.165, 1.54) is 17.4 Å². The molecule has 0 spiro atoms. The number of hydrogen-bond acceptors (Lipinski definition) is 10. The van der Waals surface area contributed by atoms with Crippen LogP contribution in [0.3, 0.4) is 0 Å². The lowest BCUT2D eigenvalue weighted by Gasteiger charge is -2.29. The van der Waals surface area contributed by atoms with Crippen LogP contribution < -0.4 is 4.74 Å². The van der Waals surface area contributed by atoms with E-state index < -0.39 is 11.8 Å². The van der Waals surface area contributed by atoms with Crippen LogP contribution in [-0.4, -0.2) is 62.8 Å². The molecule has 216 valence electrons. The lowest BCUT2D eigenvalue weighted by atomic mass is 10.1. The van der Waals surface area contributed by atoms with Gasteiger partial charge in [0.05, 0.1) is 43.1 Å². The Balaban J connectivity index is 1.12. The predicted octanol–water partition coefficient (Wildman–Crippen LogP) is 4.73. The third-order valence-corrected chi connectivity index (χ3v) is 8.09. The Morgan fingerprint density at radius 2 is 2.14 bits per heavy atom. The summed E-state index contributed by atoms with van der Waals surface area (Å²) in [5, 5.41) is 11.3. The Labute approximate surface area is 246 Å². The van der Waals surface area contributed by atoms with Gasteiger partial charge < -0.3 is 18.8 Å². The summed E-state index contributed by atoms with van der Waals surface area (Å²) in [5.41, 5.74) is 4.32. The summed E-state index contributed by atoms with van der Waals surface area (Å²) in [7, 11) is 0. The van der Waals surface area contributed by atoms with Gasteiger partial charge >= 0.3 is 5.97 Å². The van der Waals surface area contributed by atoms with E-state index in [0.29, 0.717) is 29.5 Å². The molecule has 3 aromatic heterocycles.